The van der Waals surface area contributed by atoms with Crippen LogP contribution in [-0.4, -0.2) is 30.1 Å². The molecule has 8 heteroatoms. The number of aromatic nitrogens is 5. The zero-order valence-corrected chi connectivity index (χ0v) is 21.2. The van der Waals surface area contributed by atoms with Crippen molar-refractivity contribution in [2.75, 3.05) is 0 Å². The minimum atomic E-state index is -0.282. The Kier molecular flexibility index (Phi) is 6.92. The Balaban J connectivity index is 1.45. The van der Waals surface area contributed by atoms with Crippen LogP contribution in [0.15, 0.2) is 71.5 Å². The summed E-state index contributed by atoms with van der Waals surface area (Å²) >= 11 is 0. The average molecular weight is 497 g/mol. The van der Waals surface area contributed by atoms with Crippen molar-refractivity contribution in [1.82, 2.24) is 30.1 Å². The molecule has 0 amide bonds. The number of halogens is 1. The van der Waals surface area contributed by atoms with E-state index in [1.54, 1.807) is 16.8 Å². The summed E-state index contributed by atoms with van der Waals surface area (Å²) in [4.78, 5) is 18.3. The summed E-state index contributed by atoms with van der Waals surface area (Å²) < 4.78 is 15.1. The predicted molar refractivity (Wildman–Crippen MR) is 141 cm³/mol. The molecular formula is C29H29FN6O. The Morgan fingerprint density at radius 3 is 2.35 bits per heavy atom. The van der Waals surface area contributed by atoms with Gasteiger partial charge in [-0.15, -0.1) is 5.10 Å². The summed E-state index contributed by atoms with van der Waals surface area (Å²) in [5, 5.41) is 13.3. The second-order valence-corrected chi connectivity index (χ2v) is 9.68. The lowest BCUT2D eigenvalue weighted by atomic mass is 10.0. The highest BCUT2D eigenvalue weighted by molar-refractivity contribution is 5.83. The normalized spacial score (nSPS) is 11.5. The fourth-order valence-electron chi connectivity index (χ4n) is 4.62. The first-order valence-corrected chi connectivity index (χ1v) is 12.2. The number of aryl methyl sites for hydroxylation is 3. The van der Waals surface area contributed by atoms with Crippen LogP contribution in [0.1, 0.15) is 39.2 Å². The predicted octanol–water partition coefficient (Wildman–Crippen LogP) is 4.83. The van der Waals surface area contributed by atoms with Gasteiger partial charge < -0.3 is 4.98 Å². The van der Waals surface area contributed by atoms with Crippen LogP contribution in [0.25, 0.3) is 10.9 Å². The molecule has 5 rings (SSSR count). The van der Waals surface area contributed by atoms with Crippen molar-refractivity contribution in [3.63, 3.8) is 0 Å². The number of pyridine rings is 1. The van der Waals surface area contributed by atoms with Gasteiger partial charge in [0, 0.05) is 29.6 Å². The van der Waals surface area contributed by atoms with Crippen molar-refractivity contribution < 1.29 is 4.39 Å². The molecule has 0 bridgehead atoms. The Labute approximate surface area is 214 Å². The first kappa shape index (κ1) is 24.5. The SMILES string of the molecule is Cc1ccc(CN(Cc2cc3c(C)cc(C)cc3[nH]c2=O)Cc2nnnn2Cc2ccc(F)cc2)cc1. The summed E-state index contributed by atoms with van der Waals surface area (Å²) in [7, 11) is 0. The Morgan fingerprint density at radius 2 is 1.59 bits per heavy atom. The van der Waals surface area contributed by atoms with E-state index in [4.69, 9.17) is 0 Å². The van der Waals surface area contributed by atoms with Gasteiger partial charge in [0.05, 0.1) is 13.1 Å². The van der Waals surface area contributed by atoms with Crippen LogP contribution < -0.4 is 5.56 Å². The van der Waals surface area contributed by atoms with Crippen LogP contribution in [0.5, 0.6) is 0 Å². The number of hydrogen-bond acceptors (Lipinski definition) is 5. The molecule has 0 saturated heterocycles. The summed E-state index contributed by atoms with van der Waals surface area (Å²) in [5.74, 6) is 0.386. The van der Waals surface area contributed by atoms with E-state index in [0.29, 0.717) is 37.6 Å². The van der Waals surface area contributed by atoms with Crippen LogP contribution in [0.2, 0.25) is 0 Å². The monoisotopic (exact) mass is 496 g/mol. The van der Waals surface area contributed by atoms with E-state index in [2.05, 4.69) is 69.6 Å². The molecule has 2 aromatic heterocycles. The van der Waals surface area contributed by atoms with Crippen molar-refractivity contribution in [2.45, 2.75) is 47.0 Å². The van der Waals surface area contributed by atoms with Crippen LogP contribution in [0, 0.1) is 26.6 Å². The molecular weight excluding hydrogens is 467 g/mol. The van der Waals surface area contributed by atoms with E-state index < -0.39 is 0 Å². The smallest absolute Gasteiger partial charge is 0.252 e. The average Bonchev–Trinajstić information content (AvgIpc) is 3.29. The van der Waals surface area contributed by atoms with Crippen molar-refractivity contribution in [1.29, 1.82) is 0 Å². The zero-order chi connectivity index (χ0) is 25.9. The van der Waals surface area contributed by atoms with Gasteiger partial charge in [0.1, 0.15) is 5.82 Å². The van der Waals surface area contributed by atoms with E-state index in [0.717, 1.165) is 33.2 Å². The number of hydrogen-bond donors (Lipinski definition) is 1. The molecule has 37 heavy (non-hydrogen) atoms. The lowest BCUT2D eigenvalue weighted by Crippen LogP contribution is -2.28. The third kappa shape index (κ3) is 5.81. The van der Waals surface area contributed by atoms with Crippen molar-refractivity contribution >= 4 is 10.9 Å². The topological polar surface area (TPSA) is 79.7 Å². The quantitative estimate of drug-likeness (QED) is 0.333. The summed E-state index contributed by atoms with van der Waals surface area (Å²) in [6.07, 6.45) is 0. The number of benzene rings is 3. The molecule has 188 valence electrons. The minimum absolute atomic E-state index is 0.0997. The molecule has 1 N–H and O–H groups in total. The Morgan fingerprint density at radius 1 is 0.865 bits per heavy atom. The van der Waals surface area contributed by atoms with Crippen LogP contribution in [0.3, 0.4) is 0 Å². The minimum Gasteiger partial charge on any atom is -0.322 e. The molecule has 0 aliphatic carbocycles. The molecule has 7 nitrogen and oxygen atoms in total. The summed E-state index contributed by atoms with van der Waals surface area (Å²) in [6, 6.07) is 20.8. The van der Waals surface area contributed by atoms with Gasteiger partial charge >= 0.3 is 0 Å². The molecule has 0 saturated carbocycles. The highest BCUT2D eigenvalue weighted by atomic mass is 19.1. The molecule has 2 heterocycles. The fourth-order valence-corrected chi connectivity index (χ4v) is 4.62. The van der Waals surface area contributed by atoms with Gasteiger partial charge in [-0.3, -0.25) is 9.69 Å². The number of nitrogens with zero attached hydrogens (tertiary/aromatic N) is 5. The van der Waals surface area contributed by atoms with Crippen molar-refractivity contribution in [2.24, 2.45) is 0 Å². The van der Waals surface area contributed by atoms with Crippen LogP contribution in [-0.2, 0) is 26.2 Å². The van der Waals surface area contributed by atoms with E-state index in [1.807, 2.05) is 19.1 Å². The molecule has 5 aromatic rings. The van der Waals surface area contributed by atoms with Crippen molar-refractivity contribution in [3.8, 4) is 0 Å². The molecule has 3 aromatic carbocycles. The Hall–Kier alpha value is -4.17. The number of H-pyrrole nitrogens is 1. The summed E-state index contributed by atoms with van der Waals surface area (Å²) in [6.45, 7) is 8.06. The fraction of sp³-hybridized carbons (Fsp3) is 0.241. The molecule has 0 fully saturated rings. The third-order valence-electron chi connectivity index (χ3n) is 6.53. The largest absolute Gasteiger partial charge is 0.322 e. The number of tetrazole rings is 1. The van der Waals surface area contributed by atoms with Gasteiger partial charge in [0.25, 0.3) is 5.56 Å². The lowest BCUT2D eigenvalue weighted by molar-refractivity contribution is 0.236. The van der Waals surface area contributed by atoms with Gasteiger partial charge in [-0.25, -0.2) is 9.07 Å². The highest BCUT2D eigenvalue weighted by Gasteiger charge is 2.16. The van der Waals surface area contributed by atoms with Gasteiger partial charge in [-0.2, -0.15) is 0 Å². The maximum atomic E-state index is 13.3. The van der Waals surface area contributed by atoms with E-state index in [-0.39, 0.29) is 11.4 Å². The molecule has 0 aliphatic rings. The van der Waals surface area contributed by atoms with E-state index in [1.165, 1.54) is 17.7 Å². The summed E-state index contributed by atoms with van der Waals surface area (Å²) in [5.41, 5.74) is 6.89. The van der Waals surface area contributed by atoms with E-state index >= 15 is 0 Å². The molecule has 0 spiro atoms. The standard InChI is InChI=1S/C29H29FN6O/c1-19-4-6-22(7-5-19)15-35(17-24-14-26-21(3)12-20(2)13-27(26)31-29(24)37)18-28-32-33-34-36(28)16-23-8-10-25(30)11-9-23/h4-14H,15-18H2,1-3H3,(H,31,37). The maximum Gasteiger partial charge on any atom is 0.252 e. The van der Waals surface area contributed by atoms with Gasteiger partial charge in [0.2, 0.25) is 0 Å². The molecule has 0 unspecified atom stereocenters. The molecule has 0 atom stereocenters. The van der Waals surface area contributed by atoms with Crippen molar-refractivity contribution in [3.05, 3.63) is 122 Å². The maximum absolute atomic E-state index is 13.3. The second kappa shape index (κ2) is 10.4. The van der Waals surface area contributed by atoms with Crippen LogP contribution in [0.4, 0.5) is 4.39 Å². The molecule has 0 aliphatic heterocycles. The number of aromatic amines is 1. The highest BCUT2D eigenvalue weighted by Crippen LogP contribution is 2.20. The first-order valence-electron chi connectivity index (χ1n) is 12.2. The number of fused-ring (bicyclic) bond motifs is 1. The number of rotatable bonds is 8. The zero-order valence-electron chi connectivity index (χ0n) is 21.2. The first-order chi connectivity index (χ1) is 17.8. The van der Waals surface area contributed by atoms with E-state index in [9.17, 15) is 9.18 Å². The van der Waals surface area contributed by atoms with Gasteiger partial charge in [-0.05, 0) is 77.7 Å². The van der Waals surface area contributed by atoms with Gasteiger partial charge in [0.15, 0.2) is 5.82 Å². The van der Waals surface area contributed by atoms with Gasteiger partial charge in [-0.1, -0.05) is 48.0 Å². The molecule has 0 radical (unpaired) electrons. The second-order valence-electron chi connectivity index (χ2n) is 9.68. The van der Waals surface area contributed by atoms with Crippen LogP contribution >= 0.6 is 0 Å². The number of nitrogens with one attached hydrogen (secondary N) is 1. The Bertz CT molecular complexity index is 1590. The lowest BCUT2D eigenvalue weighted by Gasteiger charge is -2.22. The third-order valence-corrected chi connectivity index (χ3v) is 6.53.